The van der Waals surface area contributed by atoms with Crippen LogP contribution in [-0.2, 0) is 21.6 Å². The molecule has 4 aromatic rings. The Bertz CT molecular complexity index is 1720. The number of halogens is 1. The van der Waals surface area contributed by atoms with Crippen LogP contribution < -0.4 is 21.3 Å². The van der Waals surface area contributed by atoms with Crippen molar-refractivity contribution < 1.29 is 18.7 Å². The van der Waals surface area contributed by atoms with Gasteiger partial charge in [0.1, 0.15) is 33.0 Å². The Labute approximate surface area is 252 Å². The molecule has 3 heterocycles. The molecule has 1 N–H and O–H groups in total. The van der Waals surface area contributed by atoms with E-state index in [1.165, 1.54) is 72.3 Å². The number of carbonyl (C=O) groups is 1. The quantitative estimate of drug-likeness (QED) is 0.258. The fraction of sp³-hybridized carbons (Fsp3) is 0.483. The molecule has 0 bridgehead atoms. The lowest BCUT2D eigenvalue weighted by atomic mass is 10.0. The Hall–Kier alpha value is -3.88. The van der Waals surface area contributed by atoms with E-state index in [2.05, 4.69) is 15.5 Å². The van der Waals surface area contributed by atoms with Crippen LogP contribution in [0, 0.1) is 12.7 Å². The van der Waals surface area contributed by atoms with E-state index in [4.69, 9.17) is 9.47 Å². The van der Waals surface area contributed by atoms with Crippen molar-refractivity contribution in [3.8, 4) is 10.8 Å². The van der Waals surface area contributed by atoms with Crippen LogP contribution in [0.2, 0.25) is 0 Å². The summed E-state index contributed by atoms with van der Waals surface area (Å²) in [6.07, 6.45) is 2.18. The highest BCUT2D eigenvalue weighted by molar-refractivity contribution is 7.21. The molecule has 0 aliphatic carbocycles. The van der Waals surface area contributed by atoms with Crippen LogP contribution in [0.25, 0.3) is 15.2 Å². The summed E-state index contributed by atoms with van der Waals surface area (Å²) >= 11 is 1.17. The van der Waals surface area contributed by atoms with Crippen LogP contribution in [0.5, 0.6) is 5.75 Å². The van der Waals surface area contributed by atoms with Crippen LogP contribution in [0.3, 0.4) is 0 Å². The number of methoxy groups -OCH3 is 1. The van der Waals surface area contributed by atoms with E-state index in [1.807, 2.05) is 19.0 Å². The lowest BCUT2D eigenvalue weighted by Crippen LogP contribution is -2.56. The zero-order valence-electron chi connectivity index (χ0n) is 25.7. The number of thiophene rings is 1. The molecule has 43 heavy (non-hydrogen) atoms. The highest BCUT2D eigenvalue weighted by Crippen LogP contribution is 2.34. The molecule has 0 saturated heterocycles. The normalized spacial score (nSPS) is 12.8. The number of hydrogen-bond acceptors (Lipinski definition) is 9. The molecule has 232 valence electrons. The minimum absolute atomic E-state index is 0.101. The lowest BCUT2D eigenvalue weighted by Gasteiger charge is -2.28. The number of aromatic nitrogens is 5. The first-order valence-corrected chi connectivity index (χ1v) is 14.7. The van der Waals surface area contributed by atoms with Crippen LogP contribution in [0.15, 0.2) is 40.2 Å². The number of nitrogens with zero attached hydrogens (tertiary/aromatic N) is 6. The number of benzene rings is 1. The molecule has 14 heteroatoms. The zero-order valence-corrected chi connectivity index (χ0v) is 26.5. The van der Waals surface area contributed by atoms with Crippen LogP contribution in [0.1, 0.15) is 44.9 Å². The molecule has 0 aliphatic rings. The maximum absolute atomic E-state index is 14.6. The molecule has 0 spiro atoms. The van der Waals surface area contributed by atoms with Crippen LogP contribution >= 0.6 is 11.3 Å². The molecule has 1 aromatic carbocycles. The Morgan fingerprint density at radius 1 is 1.19 bits per heavy atom. The molecule has 4 rings (SSSR count). The average molecular weight is 616 g/mol. The standard InChI is InChI=1S/C29H38FN7O5S/c1-17(2)33-27(39)29(4,5)36-24(38)23-18(3)25(37-31-11-12-32-37)43-26(23)35(28(36)40)16-22(42-14-13-34(6)7)20-15-19(30)9-10-21(20)41-8/h9-12,15,17,22H,13-14,16H2,1-8H3,(H,33,39). The molecule has 0 saturated carbocycles. The van der Waals surface area contributed by atoms with E-state index in [-0.39, 0.29) is 24.6 Å². The van der Waals surface area contributed by atoms with Crippen LogP contribution in [0.4, 0.5) is 4.39 Å². The number of likely N-dealkylation sites (N-methyl/N-ethyl adjacent to an activating group) is 1. The van der Waals surface area contributed by atoms with Gasteiger partial charge >= 0.3 is 5.69 Å². The molecule has 0 aliphatic heterocycles. The first-order chi connectivity index (χ1) is 20.3. The van der Waals surface area contributed by atoms with E-state index in [0.717, 1.165) is 4.57 Å². The Morgan fingerprint density at radius 3 is 2.47 bits per heavy atom. The van der Waals surface area contributed by atoms with Gasteiger partial charge in [-0.15, -0.1) is 4.80 Å². The van der Waals surface area contributed by atoms with E-state index in [9.17, 15) is 18.8 Å². The van der Waals surface area contributed by atoms with Gasteiger partial charge in [-0.25, -0.2) is 13.8 Å². The maximum Gasteiger partial charge on any atom is 0.333 e. The summed E-state index contributed by atoms with van der Waals surface area (Å²) in [5.74, 6) is -0.598. The highest BCUT2D eigenvalue weighted by Gasteiger charge is 2.36. The molecule has 12 nitrogen and oxygen atoms in total. The largest absolute Gasteiger partial charge is 0.496 e. The summed E-state index contributed by atoms with van der Waals surface area (Å²) in [5.41, 5.74) is -1.92. The molecule has 3 aromatic heterocycles. The van der Waals surface area contributed by atoms with Crippen molar-refractivity contribution in [3.63, 3.8) is 0 Å². The predicted molar refractivity (Wildman–Crippen MR) is 163 cm³/mol. The second kappa shape index (κ2) is 12.8. The zero-order chi connectivity index (χ0) is 31.6. The van der Waals surface area contributed by atoms with Gasteiger partial charge in [0, 0.05) is 23.7 Å². The van der Waals surface area contributed by atoms with Crippen molar-refractivity contribution in [2.24, 2.45) is 0 Å². The van der Waals surface area contributed by atoms with Crippen molar-refractivity contribution >= 4 is 27.5 Å². The highest BCUT2D eigenvalue weighted by atomic mass is 32.1. The molecule has 1 unspecified atom stereocenters. The van der Waals surface area contributed by atoms with E-state index >= 15 is 0 Å². The number of aryl methyl sites for hydroxylation is 1. The van der Waals surface area contributed by atoms with Gasteiger partial charge in [-0.05, 0) is 66.9 Å². The van der Waals surface area contributed by atoms with Gasteiger partial charge in [0.05, 0.1) is 38.0 Å². The molecule has 0 fully saturated rings. The first kappa shape index (κ1) is 32.0. The molecule has 1 amide bonds. The number of ether oxygens (including phenoxy) is 2. The van der Waals surface area contributed by atoms with E-state index in [0.29, 0.717) is 33.3 Å². The minimum atomic E-state index is -1.55. The molecular formula is C29H38FN7O5S. The summed E-state index contributed by atoms with van der Waals surface area (Å²) in [4.78, 5) is 45.5. The number of nitrogens with one attached hydrogen (secondary N) is 1. The smallest absolute Gasteiger partial charge is 0.333 e. The Kier molecular flexibility index (Phi) is 9.52. The van der Waals surface area contributed by atoms with Gasteiger partial charge < -0.3 is 19.7 Å². The van der Waals surface area contributed by atoms with Crippen molar-refractivity contribution in [1.82, 2.24) is 34.3 Å². The van der Waals surface area contributed by atoms with Crippen molar-refractivity contribution in [2.75, 3.05) is 34.4 Å². The lowest BCUT2D eigenvalue weighted by molar-refractivity contribution is -0.129. The number of hydrogen-bond donors (Lipinski definition) is 1. The van der Waals surface area contributed by atoms with Gasteiger partial charge in [-0.2, -0.15) is 10.2 Å². The monoisotopic (exact) mass is 615 g/mol. The topological polar surface area (TPSA) is 126 Å². The SMILES string of the molecule is COc1ccc(F)cc1C(Cn1c(=O)n(C(C)(C)C(=O)NC(C)C)c(=O)c2c(C)c(-n3nccn3)sc21)OCCN(C)C. The number of amides is 1. The van der Waals surface area contributed by atoms with Gasteiger partial charge in [-0.3, -0.25) is 14.2 Å². The minimum Gasteiger partial charge on any atom is -0.496 e. The third kappa shape index (κ3) is 6.40. The van der Waals surface area contributed by atoms with Crippen molar-refractivity contribution in [2.45, 2.75) is 58.8 Å². The first-order valence-electron chi connectivity index (χ1n) is 13.8. The second-order valence-corrected chi connectivity index (χ2v) is 12.3. The molecular weight excluding hydrogens is 577 g/mol. The summed E-state index contributed by atoms with van der Waals surface area (Å²) < 4.78 is 28.7. The van der Waals surface area contributed by atoms with Crippen molar-refractivity contribution in [3.05, 3.63) is 68.4 Å². The van der Waals surface area contributed by atoms with Gasteiger partial charge in [0.15, 0.2) is 0 Å². The third-order valence-corrected chi connectivity index (χ3v) is 8.35. The predicted octanol–water partition coefficient (Wildman–Crippen LogP) is 2.84. The van der Waals surface area contributed by atoms with E-state index < -0.39 is 34.6 Å². The van der Waals surface area contributed by atoms with Gasteiger partial charge in [0.25, 0.3) is 5.56 Å². The van der Waals surface area contributed by atoms with Gasteiger partial charge in [0.2, 0.25) is 5.91 Å². The number of fused-ring (bicyclic) bond motifs is 1. The number of rotatable bonds is 12. The molecule has 1 atom stereocenters. The fourth-order valence-electron chi connectivity index (χ4n) is 4.78. The second-order valence-electron chi connectivity index (χ2n) is 11.3. The van der Waals surface area contributed by atoms with Crippen LogP contribution in [-0.4, -0.2) is 75.3 Å². The Morgan fingerprint density at radius 2 is 1.86 bits per heavy atom. The maximum atomic E-state index is 14.6. The summed E-state index contributed by atoms with van der Waals surface area (Å²) in [6.45, 7) is 9.14. The number of carbonyl (C=O) groups excluding carboxylic acids is 1. The Balaban J connectivity index is 2.01. The fourth-order valence-corrected chi connectivity index (χ4v) is 6.00. The average Bonchev–Trinajstić information content (AvgIpc) is 3.57. The summed E-state index contributed by atoms with van der Waals surface area (Å²) in [5, 5.41) is 12.1. The third-order valence-electron chi connectivity index (χ3n) is 7.07. The van der Waals surface area contributed by atoms with Crippen molar-refractivity contribution in [1.29, 1.82) is 0 Å². The summed E-state index contributed by atoms with van der Waals surface area (Å²) in [7, 11) is 5.27. The summed E-state index contributed by atoms with van der Waals surface area (Å²) in [6, 6.07) is 3.88. The van der Waals surface area contributed by atoms with Gasteiger partial charge in [-0.1, -0.05) is 11.3 Å². The van der Waals surface area contributed by atoms with E-state index in [1.54, 1.807) is 20.8 Å². The molecule has 0 radical (unpaired) electrons.